The normalized spacial score (nSPS) is 14.0. The highest BCUT2D eigenvalue weighted by atomic mass is 32.2. The molecule has 1 atom stereocenters. The third-order valence-corrected chi connectivity index (χ3v) is 6.61. The number of carbonyl (C=O) groups is 2. The van der Waals surface area contributed by atoms with Gasteiger partial charge < -0.3 is 20.5 Å². The van der Waals surface area contributed by atoms with Crippen LogP contribution in [0, 0.1) is 0 Å². The molecule has 182 valence electrons. The molecule has 0 aliphatic rings. The molecule has 0 saturated carbocycles. The number of fused-ring (bicyclic) bond motifs is 1. The highest BCUT2D eigenvalue weighted by Crippen LogP contribution is 2.31. The van der Waals surface area contributed by atoms with E-state index in [1.54, 1.807) is 45.0 Å². The monoisotopic (exact) mass is 479 g/mol. The number of rotatable bonds is 10. The van der Waals surface area contributed by atoms with Gasteiger partial charge in [-0.2, -0.15) is 4.72 Å². The van der Waals surface area contributed by atoms with Gasteiger partial charge in [0.15, 0.2) is 0 Å². The van der Waals surface area contributed by atoms with Crippen LogP contribution in [0.5, 0.6) is 0 Å². The number of carboxylic acids is 1. The Morgan fingerprint density at radius 3 is 2.21 bits per heavy atom. The lowest BCUT2D eigenvalue weighted by atomic mass is 9.93. The smallest absolute Gasteiger partial charge is 0.339 e. The molecule has 0 saturated heterocycles. The van der Waals surface area contributed by atoms with Crippen LogP contribution in [-0.4, -0.2) is 57.2 Å². The maximum absolute atomic E-state index is 13.5. The van der Waals surface area contributed by atoms with Crippen molar-refractivity contribution in [1.82, 2.24) is 4.72 Å². The van der Waals surface area contributed by atoms with Crippen LogP contribution in [0.3, 0.4) is 0 Å². The predicted molar refractivity (Wildman–Crippen MR) is 128 cm³/mol. The van der Waals surface area contributed by atoms with Crippen LogP contribution in [0.1, 0.15) is 40.0 Å². The second-order valence-electron chi connectivity index (χ2n) is 9.09. The van der Waals surface area contributed by atoms with Crippen LogP contribution < -0.4 is 15.4 Å². The van der Waals surface area contributed by atoms with Crippen molar-refractivity contribution in [3.05, 3.63) is 36.4 Å². The second-order valence-corrected chi connectivity index (χ2v) is 10.7. The zero-order chi connectivity index (χ0) is 25.0. The maximum Gasteiger partial charge on any atom is 0.339 e. The van der Waals surface area contributed by atoms with E-state index >= 15 is 0 Å². The Bertz CT molecular complexity index is 1120. The van der Waals surface area contributed by atoms with E-state index in [0.29, 0.717) is 17.2 Å². The summed E-state index contributed by atoms with van der Waals surface area (Å²) in [7, 11) is -0.777. The van der Waals surface area contributed by atoms with Crippen LogP contribution in [0.2, 0.25) is 0 Å². The second kappa shape index (κ2) is 10.1. The van der Waals surface area contributed by atoms with Crippen molar-refractivity contribution in [2.45, 2.75) is 56.1 Å². The Morgan fingerprint density at radius 1 is 1.06 bits per heavy atom. The highest BCUT2D eigenvalue weighted by Gasteiger charge is 2.51. The van der Waals surface area contributed by atoms with Crippen LogP contribution >= 0.6 is 0 Å². The van der Waals surface area contributed by atoms with Gasteiger partial charge in [0.25, 0.3) is 0 Å². The van der Waals surface area contributed by atoms with Gasteiger partial charge in [-0.05, 0) is 58.7 Å². The maximum atomic E-state index is 13.5. The van der Waals surface area contributed by atoms with Gasteiger partial charge in [-0.3, -0.25) is 0 Å². The molecule has 4 N–H and O–H groups in total. The van der Waals surface area contributed by atoms with Crippen molar-refractivity contribution >= 4 is 38.4 Å². The molecule has 0 aliphatic heterocycles. The summed E-state index contributed by atoms with van der Waals surface area (Å²) in [4.78, 5) is 27.2. The number of anilines is 1. The number of esters is 1. The third-order valence-electron chi connectivity index (χ3n) is 5.06. The van der Waals surface area contributed by atoms with Crippen molar-refractivity contribution in [2.24, 2.45) is 5.73 Å². The molecule has 0 aromatic heterocycles. The molecule has 0 bridgehead atoms. The summed E-state index contributed by atoms with van der Waals surface area (Å²) in [6, 6.07) is 9.95. The van der Waals surface area contributed by atoms with Crippen molar-refractivity contribution in [1.29, 1.82) is 0 Å². The lowest BCUT2D eigenvalue weighted by Gasteiger charge is -2.32. The summed E-state index contributed by atoms with van der Waals surface area (Å²) in [6.45, 7) is 5.02. The van der Waals surface area contributed by atoms with E-state index in [-0.39, 0.29) is 24.3 Å². The molecule has 2 rings (SSSR count). The molecular weight excluding hydrogens is 446 g/mol. The van der Waals surface area contributed by atoms with E-state index in [1.165, 1.54) is 6.07 Å². The predicted octanol–water partition coefficient (Wildman–Crippen LogP) is 2.48. The molecule has 0 heterocycles. The minimum atomic E-state index is -4.45. The number of nitrogens with zero attached hydrogens (tertiary/aromatic N) is 1. The summed E-state index contributed by atoms with van der Waals surface area (Å²) in [5, 5.41) is 11.1. The number of unbranched alkanes of at least 4 members (excludes halogenated alkanes) is 1. The Balaban J connectivity index is 2.65. The number of benzene rings is 2. The first kappa shape index (κ1) is 26.6. The van der Waals surface area contributed by atoms with E-state index in [4.69, 9.17) is 10.5 Å². The minimum absolute atomic E-state index is 0.128. The molecule has 2 aromatic carbocycles. The molecule has 0 aliphatic carbocycles. The lowest BCUT2D eigenvalue weighted by molar-refractivity contribution is -0.170. The molecule has 0 unspecified atom stereocenters. The van der Waals surface area contributed by atoms with Crippen LogP contribution in [0.15, 0.2) is 41.3 Å². The molecule has 0 amide bonds. The number of aliphatic carboxylic acids is 1. The number of carboxylic acid groups (broad SMARTS) is 1. The molecule has 0 fully saturated rings. The molecule has 33 heavy (non-hydrogen) atoms. The van der Waals surface area contributed by atoms with Crippen molar-refractivity contribution in [3.8, 4) is 0 Å². The average Bonchev–Trinajstić information content (AvgIpc) is 2.70. The summed E-state index contributed by atoms with van der Waals surface area (Å²) >= 11 is 0. The largest absolute Gasteiger partial charge is 0.479 e. The number of hydrogen-bond acceptors (Lipinski definition) is 7. The van der Waals surface area contributed by atoms with Gasteiger partial charge in [-0.25, -0.2) is 18.0 Å². The first-order valence-corrected chi connectivity index (χ1v) is 12.1. The van der Waals surface area contributed by atoms with Gasteiger partial charge in [0.1, 0.15) is 5.60 Å². The molecule has 10 heteroatoms. The Kier molecular flexibility index (Phi) is 8.10. The average molecular weight is 480 g/mol. The highest BCUT2D eigenvalue weighted by molar-refractivity contribution is 7.89. The van der Waals surface area contributed by atoms with E-state index in [1.807, 2.05) is 25.1 Å². The number of nitrogens with two attached hydrogens (primary N) is 1. The van der Waals surface area contributed by atoms with Crippen molar-refractivity contribution < 1.29 is 27.9 Å². The van der Waals surface area contributed by atoms with E-state index in [0.717, 1.165) is 5.69 Å². The van der Waals surface area contributed by atoms with Gasteiger partial charge in [0.2, 0.25) is 15.6 Å². The standard InChI is InChI=1S/C23H33N3O6S/c1-22(2,3)32-21(29)23(20(27)28,14-6-7-15-24)25-33(30,31)19-13-9-10-16-17(19)11-8-12-18(16)26(4)5/h8-13,25H,6-7,14-15,24H2,1-5H3,(H,27,28)/t23-/m0/s1. The number of nitrogens with one attached hydrogen (secondary N) is 1. The molecule has 0 radical (unpaired) electrons. The van der Waals surface area contributed by atoms with Gasteiger partial charge in [0.05, 0.1) is 4.90 Å². The van der Waals surface area contributed by atoms with Crippen molar-refractivity contribution in [3.63, 3.8) is 0 Å². The minimum Gasteiger partial charge on any atom is -0.479 e. The quantitative estimate of drug-likeness (QED) is 0.268. The van der Waals surface area contributed by atoms with Gasteiger partial charge >= 0.3 is 11.9 Å². The SMILES string of the molecule is CN(C)c1cccc2c(S(=O)(=O)N[C@@](CCCCN)(C(=O)O)C(=O)OC(C)(C)C)cccc12. The zero-order valence-corrected chi connectivity index (χ0v) is 20.5. The summed E-state index contributed by atoms with van der Waals surface area (Å²) in [5.74, 6) is -2.80. The fourth-order valence-corrected chi connectivity index (χ4v) is 5.07. The summed E-state index contributed by atoms with van der Waals surface area (Å²) in [5.41, 5.74) is 2.81. The first-order chi connectivity index (χ1) is 15.2. The Labute approximate surface area is 194 Å². The molecule has 9 nitrogen and oxygen atoms in total. The van der Waals surface area contributed by atoms with Crippen LogP contribution in [0.4, 0.5) is 5.69 Å². The van der Waals surface area contributed by atoms with E-state index in [2.05, 4.69) is 4.72 Å². The first-order valence-electron chi connectivity index (χ1n) is 10.6. The van der Waals surface area contributed by atoms with Crippen LogP contribution in [0.25, 0.3) is 10.8 Å². The summed E-state index contributed by atoms with van der Waals surface area (Å²) in [6.07, 6.45) is 0.326. The Hall–Kier alpha value is -2.69. The van der Waals surface area contributed by atoms with Gasteiger partial charge in [0, 0.05) is 30.6 Å². The van der Waals surface area contributed by atoms with Gasteiger partial charge in [-0.1, -0.05) is 24.3 Å². The van der Waals surface area contributed by atoms with E-state index < -0.39 is 33.1 Å². The molecule has 2 aromatic rings. The summed E-state index contributed by atoms with van der Waals surface area (Å²) < 4.78 is 34.6. The lowest BCUT2D eigenvalue weighted by Crippen LogP contribution is -2.61. The van der Waals surface area contributed by atoms with Crippen LogP contribution in [-0.2, 0) is 24.3 Å². The fraction of sp³-hybridized carbons (Fsp3) is 0.478. The number of ether oxygens (including phenoxy) is 1. The zero-order valence-electron chi connectivity index (χ0n) is 19.7. The number of hydrogen-bond donors (Lipinski definition) is 3. The topological polar surface area (TPSA) is 139 Å². The number of sulfonamides is 1. The number of carbonyl (C=O) groups excluding carboxylic acids is 1. The van der Waals surface area contributed by atoms with Gasteiger partial charge in [-0.15, -0.1) is 0 Å². The third kappa shape index (κ3) is 6.01. The molecule has 0 spiro atoms. The molecular formula is C23H33N3O6S. The van der Waals surface area contributed by atoms with Crippen molar-refractivity contribution in [2.75, 3.05) is 25.5 Å². The van der Waals surface area contributed by atoms with E-state index in [9.17, 15) is 23.1 Å². The fourth-order valence-electron chi connectivity index (χ4n) is 3.51. The Morgan fingerprint density at radius 2 is 1.67 bits per heavy atom.